The Bertz CT molecular complexity index is 901. The molecule has 1 aliphatic carbocycles. The Labute approximate surface area is 164 Å². The monoisotopic (exact) mass is 404 g/mol. The molecule has 1 saturated heterocycles. The fourth-order valence-electron chi connectivity index (χ4n) is 4.14. The standard InChI is InChI=1S/C20H24N2O3S2/c23-19(14-16-8-7-15-4-1-2-5-18(15)16)22-11-9-17(10-12-22)21-27(24,25)20-6-3-13-26-20/h1-6,13,16-17,21H,7-12,14H2. The first kappa shape index (κ1) is 18.7. The molecule has 1 atom stereocenters. The van der Waals surface area contributed by atoms with Crippen LogP contribution in [-0.4, -0.2) is 38.4 Å². The molecule has 144 valence electrons. The van der Waals surface area contributed by atoms with E-state index in [1.165, 1.54) is 22.5 Å². The molecule has 0 spiro atoms. The van der Waals surface area contributed by atoms with E-state index in [1.807, 2.05) is 11.0 Å². The SMILES string of the molecule is O=C(CC1CCc2ccccc21)N1CCC(NS(=O)(=O)c2cccs2)CC1. The van der Waals surface area contributed by atoms with Crippen LogP contribution in [0.2, 0.25) is 0 Å². The molecule has 0 bridgehead atoms. The van der Waals surface area contributed by atoms with Crippen LogP contribution in [0.3, 0.4) is 0 Å². The first-order valence-electron chi connectivity index (χ1n) is 9.44. The number of likely N-dealkylation sites (tertiary alicyclic amines) is 1. The second kappa shape index (κ2) is 7.73. The number of rotatable bonds is 5. The highest BCUT2D eigenvalue weighted by molar-refractivity contribution is 7.91. The number of hydrogen-bond acceptors (Lipinski definition) is 4. The third-order valence-corrected chi connectivity index (χ3v) is 8.53. The summed E-state index contributed by atoms with van der Waals surface area (Å²) in [5.74, 6) is 0.514. The minimum absolute atomic E-state index is 0.103. The number of carbonyl (C=O) groups is 1. The van der Waals surface area contributed by atoms with Crippen molar-refractivity contribution in [2.24, 2.45) is 0 Å². The molecule has 1 aliphatic heterocycles. The molecule has 0 radical (unpaired) electrons. The van der Waals surface area contributed by atoms with Gasteiger partial charge in [0.2, 0.25) is 15.9 Å². The molecule has 1 unspecified atom stereocenters. The van der Waals surface area contributed by atoms with Gasteiger partial charge in [-0.05, 0) is 54.2 Å². The van der Waals surface area contributed by atoms with Crippen molar-refractivity contribution in [3.8, 4) is 0 Å². The second-order valence-electron chi connectivity index (χ2n) is 7.35. The lowest BCUT2D eigenvalue weighted by atomic mass is 9.96. The maximum atomic E-state index is 12.7. The van der Waals surface area contributed by atoms with E-state index in [2.05, 4.69) is 22.9 Å². The zero-order valence-electron chi connectivity index (χ0n) is 15.1. The predicted octanol–water partition coefficient (Wildman–Crippen LogP) is 3.14. The van der Waals surface area contributed by atoms with Crippen LogP contribution in [0, 0.1) is 0 Å². The summed E-state index contributed by atoms with van der Waals surface area (Å²) in [5, 5.41) is 1.76. The fraction of sp³-hybridized carbons (Fsp3) is 0.450. The highest BCUT2D eigenvalue weighted by Crippen LogP contribution is 2.35. The Hall–Kier alpha value is -1.70. The van der Waals surface area contributed by atoms with E-state index in [-0.39, 0.29) is 11.9 Å². The smallest absolute Gasteiger partial charge is 0.250 e. The van der Waals surface area contributed by atoms with E-state index < -0.39 is 10.0 Å². The maximum absolute atomic E-state index is 12.7. The first-order valence-corrected chi connectivity index (χ1v) is 11.8. The predicted molar refractivity (Wildman–Crippen MR) is 106 cm³/mol. The van der Waals surface area contributed by atoms with Crippen molar-refractivity contribution in [1.29, 1.82) is 0 Å². The van der Waals surface area contributed by atoms with Crippen molar-refractivity contribution < 1.29 is 13.2 Å². The number of nitrogens with zero attached hydrogens (tertiary/aromatic N) is 1. The van der Waals surface area contributed by atoms with Crippen LogP contribution in [-0.2, 0) is 21.2 Å². The molecule has 2 aromatic rings. The van der Waals surface area contributed by atoms with Crippen molar-refractivity contribution in [3.63, 3.8) is 0 Å². The largest absolute Gasteiger partial charge is 0.343 e. The molecule has 7 heteroatoms. The van der Waals surface area contributed by atoms with Gasteiger partial charge in [-0.15, -0.1) is 11.3 Å². The van der Waals surface area contributed by atoms with Crippen molar-refractivity contribution in [1.82, 2.24) is 9.62 Å². The summed E-state index contributed by atoms with van der Waals surface area (Å²) in [6.07, 6.45) is 3.99. The van der Waals surface area contributed by atoms with Crippen LogP contribution in [0.5, 0.6) is 0 Å². The van der Waals surface area contributed by atoms with Crippen molar-refractivity contribution >= 4 is 27.3 Å². The van der Waals surface area contributed by atoms with Crippen LogP contribution in [0.15, 0.2) is 46.0 Å². The summed E-state index contributed by atoms with van der Waals surface area (Å²) in [6.45, 7) is 1.23. The highest BCUT2D eigenvalue weighted by Gasteiger charge is 2.30. The molecule has 0 saturated carbocycles. The minimum Gasteiger partial charge on any atom is -0.343 e. The van der Waals surface area contributed by atoms with Gasteiger partial charge in [0.1, 0.15) is 4.21 Å². The van der Waals surface area contributed by atoms with Gasteiger partial charge < -0.3 is 4.90 Å². The highest BCUT2D eigenvalue weighted by atomic mass is 32.2. The molecule has 2 heterocycles. The van der Waals surface area contributed by atoms with E-state index >= 15 is 0 Å². The van der Waals surface area contributed by atoms with Crippen molar-refractivity contribution in [2.75, 3.05) is 13.1 Å². The third kappa shape index (κ3) is 4.10. The Kier molecular flexibility index (Phi) is 5.34. The number of piperidine rings is 1. The zero-order valence-corrected chi connectivity index (χ0v) is 16.8. The van der Waals surface area contributed by atoms with E-state index in [9.17, 15) is 13.2 Å². The van der Waals surface area contributed by atoms with Crippen molar-refractivity contribution in [2.45, 2.75) is 48.3 Å². The van der Waals surface area contributed by atoms with Gasteiger partial charge in [0.05, 0.1) is 0 Å². The number of hydrogen-bond donors (Lipinski definition) is 1. The molecule has 1 fully saturated rings. The number of sulfonamides is 1. The Balaban J connectivity index is 1.30. The number of thiophene rings is 1. The van der Waals surface area contributed by atoms with Gasteiger partial charge >= 0.3 is 0 Å². The molecular formula is C20H24N2O3S2. The lowest BCUT2D eigenvalue weighted by Crippen LogP contribution is -2.46. The first-order chi connectivity index (χ1) is 13.0. The third-order valence-electron chi connectivity index (χ3n) is 5.61. The molecular weight excluding hydrogens is 380 g/mol. The molecule has 1 N–H and O–H groups in total. The lowest BCUT2D eigenvalue weighted by molar-refractivity contribution is -0.132. The number of carbonyl (C=O) groups excluding carboxylic acids is 1. The topological polar surface area (TPSA) is 66.5 Å². The van der Waals surface area contributed by atoms with Crippen LogP contribution < -0.4 is 4.72 Å². The Morgan fingerprint density at radius 1 is 1.11 bits per heavy atom. The summed E-state index contributed by atoms with van der Waals surface area (Å²) in [7, 11) is -3.44. The summed E-state index contributed by atoms with van der Waals surface area (Å²) in [6, 6.07) is 11.7. The van der Waals surface area contributed by atoms with E-state index in [0.717, 1.165) is 12.8 Å². The Morgan fingerprint density at radius 3 is 2.63 bits per heavy atom. The van der Waals surface area contributed by atoms with E-state index in [0.29, 0.717) is 42.5 Å². The normalized spacial score (nSPS) is 20.6. The van der Waals surface area contributed by atoms with Gasteiger partial charge in [-0.3, -0.25) is 4.79 Å². The average molecular weight is 405 g/mol. The van der Waals surface area contributed by atoms with Gasteiger partial charge in [-0.1, -0.05) is 30.3 Å². The molecule has 27 heavy (non-hydrogen) atoms. The van der Waals surface area contributed by atoms with Gasteiger partial charge in [0.25, 0.3) is 0 Å². The molecule has 2 aliphatic rings. The summed E-state index contributed by atoms with van der Waals surface area (Å²) >= 11 is 1.22. The second-order valence-corrected chi connectivity index (χ2v) is 10.2. The van der Waals surface area contributed by atoms with Gasteiger partial charge in [0.15, 0.2) is 0 Å². The summed E-state index contributed by atoms with van der Waals surface area (Å²) < 4.78 is 27.8. The number of aryl methyl sites for hydroxylation is 1. The minimum atomic E-state index is -3.44. The number of amides is 1. The van der Waals surface area contributed by atoms with Gasteiger partial charge in [0, 0.05) is 25.6 Å². The molecule has 4 rings (SSSR count). The fourth-order valence-corrected chi connectivity index (χ4v) is 6.45. The lowest BCUT2D eigenvalue weighted by Gasteiger charge is -2.32. The molecule has 1 aromatic carbocycles. The maximum Gasteiger partial charge on any atom is 0.250 e. The quantitative estimate of drug-likeness (QED) is 0.833. The van der Waals surface area contributed by atoms with Gasteiger partial charge in [-0.25, -0.2) is 13.1 Å². The number of nitrogens with one attached hydrogen (secondary N) is 1. The van der Waals surface area contributed by atoms with Crippen LogP contribution >= 0.6 is 11.3 Å². The zero-order chi connectivity index (χ0) is 18.9. The molecule has 1 amide bonds. The molecule has 1 aromatic heterocycles. The number of fused-ring (bicyclic) bond motifs is 1. The van der Waals surface area contributed by atoms with E-state index in [1.54, 1.807) is 17.5 Å². The Morgan fingerprint density at radius 2 is 1.89 bits per heavy atom. The molecule has 5 nitrogen and oxygen atoms in total. The average Bonchev–Trinajstić information content (AvgIpc) is 3.33. The number of benzene rings is 1. The van der Waals surface area contributed by atoms with Gasteiger partial charge in [-0.2, -0.15) is 0 Å². The van der Waals surface area contributed by atoms with Crippen LogP contribution in [0.25, 0.3) is 0 Å². The van der Waals surface area contributed by atoms with Crippen LogP contribution in [0.4, 0.5) is 0 Å². The summed E-state index contributed by atoms with van der Waals surface area (Å²) in [4.78, 5) is 14.6. The summed E-state index contributed by atoms with van der Waals surface area (Å²) in [5.41, 5.74) is 2.70. The van der Waals surface area contributed by atoms with Crippen molar-refractivity contribution in [3.05, 3.63) is 52.9 Å². The van der Waals surface area contributed by atoms with Crippen LogP contribution in [0.1, 0.15) is 42.7 Å². The van der Waals surface area contributed by atoms with E-state index in [4.69, 9.17) is 0 Å².